The highest BCUT2D eigenvalue weighted by molar-refractivity contribution is 5.94. The van der Waals surface area contributed by atoms with Gasteiger partial charge in [0.1, 0.15) is 5.69 Å². The van der Waals surface area contributed by atoms with E-state index in [1.165, 1.54) is 18.2 Å². The number of rotatable bonds is 9. The number of nitro groups is 1. The zero-order valence-corrected chi connectivity index (χ0v) is 11.2. The van der Waals surface area contributed by atoms with E-state index >= 15 is 0 Å². The minimum atomic E-state index is -0.691. The molecule has 0 aliphatic carbocycles. The molecule has 110 valence electrons. The Hall–Kier alpha value is -2.15. The lowest BCUT2D eigenvalue weighted by Gasteiger charge is -2.07. The summed E-state index contributed by atoms with van der Waals surface area (Å²) < 4.78 is 0. The van der Waals surface area contributed by atoms with E-state index in [-0.39, 0.29) is 17.9 Å². The second-order valence-electron chi connectivity index (χ2n) is 4.42. The van der Waals surface area contributed by atoms with Gasteiger partial charge >= 0.3 is 0 Å². The van der Waals surface area contributed by atoms with Gasteiger partial charge in [-0.15, -0.1) is 0 Å². The van der Waals surface area contributed by atoms with Crippen LogP contribution in [0, 0.1) is 10.1 Å². The van der Waals surface area contributed by atoms with Gasteiger partial charge in [0.2, 0.25) is 5.91 Å². The van der Waals surface area contributed by atoms with Crippen LogP contribution in [-0.2, 0) is 0 Å². The number of hydrogen-bond donors (Lipinski definition) is 3. The summed E-state index contributed by atoms with van der Waals surface area (Å²) >= 11 is 0. The van der Waals surface area contributed by atoms with Crippen LogP contribution in [-0.4, -0.2) is 29.1 Å². The summed E-state index contributed by atoms with van der Waals surface area (Å²) in [7, 11) is 0. The molecule has 0 saturated carbocycles. The van der Waals surface area contributed by atoms with Crippen molar-refractivity contribution < 1.29 is 14.8 Å². The molecule has 7 nitrogen and oxygen atoms in total. The Morgan fingerprint density at radius 1 is 1.30 bits per heavy atom. The number of nitrogens with one attached hydrogen (secondary N) is 1. The summed E-state index contributed by atoms with van der Waals surface area (Å²) in [5.74, 6) is -0.691. The highest BCUT2D eigenvalue weighted by Gasteiger charge is 2.15. The van der Waals surface area contributed by atoms with Crippen molar-refractivity contribution >= 4 is 17.3 Å². The van der Waals surface area contributed by atoms with Gasteiger partial charge in [0.05, 0.1) is 4.92 Å². The van der Waals surface area contributed by atoms with Crippen molar-refractivity contribution in [2.75, 3.05) is 18.5 Å². The van der Waals surface area contributed by atoms with Gasteiger partial charge in [-0.3, -0.25) is 14.9 Å². The lowest BCUT2D eigenvalue weighted by molar-refractivity contribution is -0.384. The van der Waals surface area contributed by atoms with Gasteiger partial charge in [-0.25, -0.2) is 0 Å². The number of hydrogen-bond acceptors (Lipinski definition) is 5. The number of nitrogens with two attached hydrogens (primary N) is 1. The van der Waals surface area contributed by atoms with Gasteiger partial charge in [-0.1, -0.05) is 12.8 Å². The lowest BCUT2D eigenvalue weighted by Crippen LogP contribution is -2.12. The number of unbranched alkanes of at least 4 members (excludes halogenated alkanes) is 3. The molecule has 0 fully saturated rings. The van der Waals surface area contributed by atoms with Gasteiger partial charge < -0.3 is 16.2 Å². The Kier molecular flexibility index (Phi) is 6.45. The molecule has 1 aromatic rings. The maximum Gasteiger partial charge on any atom is 0.293 e. The number of carbonyl (C=O) groups is 1. The third-order valence-electron chi connectivity index (χ3n) is 2.88. The predicted molar refractivity (Wildman–Crippen MR) is 75.7 cm³/mol. The highest BCUT2D eigenvalue weighted by Crippen LogP contribution is 2.25. The first-order valence-electron chi connectivity index (χ1n) is 6.49. The Balaban J connectivity index is 2.60. The molecule has 0 radical (unpaired) electrons. The van der Waals surface area contributed by atoms with E-state index in [1.54, 1.807) is 0 Å². The van der Waals surface area contributed by atoms with Gasteiger partial charge in [-0.2, -0.15) is 0 Å². The number of aliphatic hydroxyl groups is 1. The first-order chi connectivity index (χ1) is 9.56. The molecule has 0 aliphatic rings. The molecule has 0 aromatic heterocycles. The number of primary amides is 1. The summed E-state index contributed by atoms with van der Waals surface area (Å²) in [6.07, 6.45) is 3.50. The number of anilines is 1. The van der Waals surface area contributed by atoms with Crippen LogP contribution in [0.1, 0.15) is 36.0 Å². The van der Waals surface area contributed by atoms with Crippen molar-refractivity contribution in [3.05, 3.63) is 33.9 Å². The summed E-state index contributed by atoms with van der Waals surface area (Å²) in [5.41, 5.74) is 5.44. The molecule has 4 N–H and O–H groups in total. The normalized spacial score (nSPS) is 10.2. The maximum atomic E-state index is 11.0. The van der Waals surface area contributed by atoms with Gasteiger partial charge in [0, 0.05) is 24.8 Å². The van der Waals surface area contributed by atoms with Crippen LogP contribution in [0.2, 0.25) is 0 Å². The first-order valence-corrected chi connectivity index (χ1v) is 6.49. The van der Waals surface area contributed by atoms with E-state index in [4.69, 9.17) is 10.8 Å². The Bertz CT molecular complexity index is 477. The third kappa shape index (κ3) is 4.85. The minimum Gasteiger partial charge on any atom is -0.396 e. The van der Waals surface area contributed by atoms with Crippen molar-refractivity contribution in [1.29, 1.82) is 0 Å². The van der Waals surface area contributed by atoms with Crippen molar-refractivity contribution in [2.24, 2.45) is 5.73 Å². The minimum absolute atomic E-state index is 0.116. The molecule has 1 rings (SSSR count). The molecule has 0 unspecified atom stereocenters. The van der Waals surface area contributed by atoms with E-state index in [9.17, 15) is 14.9 Å². The molecule has 0 bridgehead atoms. The summed E-state index contributed by atoms with van der Waals surface area (Å²) in [4.78, 5) is 21.4. The fourth-order valence-electron chi connectivity index (χ4n) is 1.80. The van der Waals surface area contributed by atoms with Crippen LogP contribution in [0.5, 0.6) is 0 Å². The molecule has 7 heteroatoms. The lowest BCUT2D eigenvalue weighted by atomic mass is 10.1. The molecule has 20 heavy (non-hydrogen) atoms. The highest BCUT2D eigenvalue weighted by atomic mass is 16.6. The predicted octanol–water partition coefficient (Wildman–Crippen LogP) is 1.66. The number of aliphatic hydroxyl groups excluding tert-OH is 1. The van der Waals surface area contributed by atoms with Gasteiger partial charge in [0.15, 0.2) is 0 Å². The quantitative estimate of drug-likeness (QED) is 0.361. The molecular formula is C13H19N3O4. The van der Waals surface area contributed by atoms with E-state index in [0.717, 1.165) is 25.7 Å². The number of benzene rings is 1. The maximum absolute atomic E-state index is 11.0. The number of nitrogens with zero attached hydrogens (tertiary/aromatic N) is 1. The molecule has 1 amide bonds. The van der Waals surface area contributed by atoms with Crippen LogP contribution < -0.4 is 11.1 Å². The van der Waals surface area contributed by atoms with E-state index in [1.807, 2.05) is 0 Å². The SMILES string of the molecule is NC(=O)c1ccc(NCCCCCCO)c([N+](=O)[O-])c1. The zero-order chi connectivity index (χ0) is 15.0. The third-order valence-corrected chi connectivity index (χ3v) is 2.88. The summed E-state index contributed by atoms with van der Waals surface area (Å²) in [6, 6.07) is 4.13. The first kappa shape index (κ1) is 15.9. The number of carbonyl (C=O) groups excluding carboxylic acids is 1. The van der Waals surface area contributed by atoms with Crippen molar-refractivity contribution in [1.82, 2.24) is 0 Å². The number of amides is 1. The van der Waals surface area contributed by atoms with Crippen molar-refractivity contribution in [2.45, 2.75) is 25.7 Å². The average molecular weight is 281 g/mol. The topological polar surface area (TPSA) is 118 Å². The van der Waals surface area contributed by atoms with Gasteiger partial charge in [0.25, 0.3) is 5.69 Å². The molecule has 0 heterocycles. The molecule has 0 atom stereocenters. The van der Waals surface area contributed by atoms with Crippen molar-refractivity contribution in [3.8, 4) is 0 Å². The zero-order valence-electron chi connectivity index (χ0n) is 11.2. The van der Waals surface area contributed by atoms with Crippen LogP contribution in [0.25, 0.3) is 0 Å². The fraction of sp³-hybridized carbons (Fsp3) is 0.462. The van der Waals surface area contributed by atoms with Crippen LogP contribution in [0.4, 0.5) is 11.4 Å². The Morgan fingerprint density at radius 3 is 2.60 bits per heavy atom. The Labute approximate surface area is 116 Å². The molecule has 0 aliphatic heterocycles. The monoisotopic (exact) mass is 281 g/mol. The fourth-order valence-corrected chi connectivity index (χ4v) is 1.80. The molecule has 1 aromatic carbocycles. The van der Waals surface area contributed by atoms with E-state index in [0.29, 0.717) is 12.2 Å². The average Bonchev–Trinajstić information content (AvgIpc) is 2.42. The second kappa shape index (κ2) is 8.11. The molecule has 0 saturated heterocycles. The smallest absolute Gasteiger partial charge is 0.293 e. The van der Waals surface area contributed by atoms with Crippen LogP contribution in [0.15, 0.2) is 18.2 Å². The molecule has 0 spiro atoms. The Morgan fingerprint density at radius 2 is 2.00 bits per heavy atom. The molecular weight excluding hydrogens is 262 g/mol. The van der Waals surface area contributed by atoms with Crippen LogP contribution in [0.3, 0.4) is 0 Å². The summed E-state index contributed by atoms with van der Waals surface area (Å²) in [5, 5.41) is 22.6. The largest absolute Gasteiger partial charge is 0.396 e. The number of nitro benzene ring substituents is 1. The van der Waals surface area contributed by atoms with Gasteiger partial charge in [-0.05, 0) is 25.0 Å². The standard InChI is InChI=1S/C13H19N3O4/c14-13(18)10-5-6-11(12(9-10)16(19)20)15-7-3-1-2-4-8-17/h5-6,9,15,17H,1-4,7-8H2,(H2,14,18). The summed E-state index contributed by atoms with van der Waals surface area (Å²) in [6.45, 7) is 0.787. The second-order valence-corrected chi connectivity index (χ2v) is 4.42. The van der Waals surface area contributed by atoms with E-state index in [2.05, 4.69) is 5.32 Å². The van der Waals surface area contributed by atoms with E-state index < -0.39 is 10.8 Å². The van der Waals surface area contributed by atoms with Crippen molar-refractivity contribution in [3.63, 3.8) is 0 Å². The van der Waals surface area contributed by atoms with Crippen LogP contribution >= 0.6 is 0 Å².